The van der Waals surface area contributed by atoms with Crippen LogP contribution >= 0.6 is 0 Å². The summed E-state index contributed by atoms with van der Waals surface area (Å²) in [7, 11) is -3.65. The molecule has 0 saturated heterocycles. The van der Waals surface area contributed by atoms with E-state index in [0.29, 0.717) is 12.1 Å². The lowest BCUT2D eigenvalue weighted by Gasteiger charge is -2.25. The summed E-state index contributed by atoms with van der Waals surface area (Å²) < 4.78 is 26.3. The lowest BCUT2D eigenvalue weighted by molar-refractivity contribution is -0.120. The minimum Gasteiger partial charge on any atom is -0.348 e. The number of carbonyl (C=O) groups excluding carboxylic acids is 1. The molecule has 3 rings (SSSR count). The normalized spacial score (nSPS) is 12.5. The molecule has 0 saturated carbocycles. The van der Waals surface area contributed by atoms with E-state index in [9.17, 15) is 13.2 Å². The second-order valence-corrected chi connectivity index (χ2v) is 9.56. The van der Waals surface area contributed by atoms with E-state index in [0.717, 1.165) is 33.7 Å². The zero-order chi connectivity index (χ0) is 21.9. The van der Waals surface area contributed by atoms with Gasteiger partial charge in [0.05, 0.1) is 18.0 Å². The molecule has 0 spiro atoms. The van der Waals surface area contributed by atoms with Crippen molar-refractivity contribution in [2.45, 2.75) is 33.2 Å². The van der Waals surface area contributed by atoms with E-state index in [1.54, 1.807) is 12.1 Å². The first-order chi connectivity index (χ1) is 14.2. The quantitative estimate of drug-likeness (QED) is 0.608. The molecule has 1 atom stereocenters. The Morgan fingerprint density at radius 3 is 2.40 bits per heavy atom. The Kier molecular flexibility index (Phi) is 6.46. The van der Waals surface area contributed by atoms with E-state index in [4.69, 9.17) is 0 Å². The minimum absolute atomic E-state index is 0.174. The fraction of sp³-hybridized carbons (Fsp3) is 0.292. The van der Waals surface area contributed by atoms with Crippen LogP contribution in [0.2, 0.25) is 0 Å². The highest BCUT2D eigenvalue weighted by atomic mass is 32.2. The molecule has 0 unspecified atom stereocenters. The van der Waals surface area contributed by atoms with Crippen molar-refractivity contribution >= 4 is 32.4 Å². The maximum absolute atomic E-state index is 12.9. The number of carbonyl (C=O) groups is 1. The highest BCUT2D eigenvalue weighted by molar-refractivity contribution is 7.92. The third kappa shape index (κ3) is 4.82. The van der Waals surface area contributed by atoms with E-state index in [1.165, 1.54) is 4.31 Å². The van der Waals surface area contributed by atoms with Crippen LogP contribution in [0.5, 0.6) is 0 Å². The Labute approximate surface area is 178 Å². The standard InChI is InChI=1S/C24H28N2O3S/c1-5-22(20-14-13-17(2)15-18(20)3)25-24(27)16-26(30(4,28)29)23-12-8-10-19-9-6-7-11-21(19)23/h6-15,22H,5,16H2,1-4H3,(H,25,27)/t22-/m0/s1. The number of hydrogen-bond donors (Lipinski definition) is 1. The van der Waals surface area contributed by atoms with Gasteiger partial charge in [0.15, 0.2) is 0 Å². The Morgan fingerprint density at radius 2 is 1.73 bits per heavy atom. The first-order valence-electron chi connectivity index (χ1n) is 10.0. The predicted octanol–water partition coefficient (Wildman–Crippen LogP) is 4.49. The lowest BCUT2D eigenvalue weighted by atomic mass is 9.97. The van der Waals surface area contributed by atoms with Crippen LogP contribution in [0.3, 0.4) is 0 Å². The number of benzene rings is 3. The SMILES string of the molecule is CC[C@H](NC(=O)CN(c1cccc2ccccc12)S(C)(=O)=O)c1ccc(C)cc1C. The Hall–Kier alpha value is -2.86. The number of amides is 1. The highest BCUT2D eigenvalue weighted by Crippen LogP contribution is 2.28. The molecule has 0 aliphatic rings. The van der Waals surface area contributed by atoms with Gasteiger partial charge in [0.1, 0.15) is 6.54 Å². The molecular weight excluding hydrogens is 396 g/mol. The van der Waals surface area contributed by atoms with E-state index in [1.807, 2.05) is 63.2 Å². The van der Waals surface area contributed by atoms with Crippen LogP contribution in [-0.2, 0) is 14.8 Å². The molecule has 1 amide bonds. The van der Waals surface area contributed by atoms with Gasteiger partial charge in [-0.1, -0.05) is 67.1 Å². The number of hydrogen-bond acceptors (Lipinski definition) is 3. The van der Waals surface area contributed by atoms with Crippen LogP contribution in [0.1, 0.15) is 36.1 Å². The van der Waals surface area contributed by atoms with Gasteiger partial charge in [-0.25, -0.2) is 8.42 Å². The number of aryl methyl sites for hydroxylation is 2. The average Bonchev–Trinajstić information content (AvgIpc) is 2.69. The number of fused-ring (bicyclic) bond motifs is 1. The van der Waals surface area contributed by atoms with Gasteiger partial charge in [-0.3, -0.25) is 9.10 Å². The molecule has 0 heterocycles. The summed E-state index contributed by atoms with van der Waals surface area (Å²) >= 11 is 0. The maximum atomic E-state index is 12.9. The molecule has 6 heteroatoms. The van der Waals surface area contributed by atoms with Crippen molar-refractivity contribution in [2.75, 3.05) is 17.1 Å². The van der Waals surface area contributed by atoms with Crippen molar-refractivity contribution in [3.63, 3.8) is 0 Å². The van der Waals surface area contributed by atoms with Crippen LogP contribution in [-0.4, -0.2) is 27.1 Å². The number of rotatable bonds is 7. The molecule has 0 aliphatic carbocycles. The van der Waals surface area contributed by atoms with E-state index >= 15 is 0 Å². The molecule has 3 aromatic carbocycles. The second kappa shape index (κ2) is 8.88. The van der Waals surface area contributed by atoms with Crippen LogP contribution in [0.25, 0.3) is 10.8 Å². The predicted molar refractivity (Wildman–Crippen MR) is 123 cm³/mol. The molecule has 158 valence electrons. The van der Waals surface area contributed by atoms with Gasteiger partial charge < -0.3 is 5.32 Å². The van der Waals surface area contributed by atoms with Crippen molar-refractivity contribution in [2.24, 2.45) is 0 Å². The van der Waals surface area contributed by atoms with E-state index < -0.39 is 10.0 Å². The second-order valence-electron chi connectivity index (χ2n) is 7.66. The summed E-state index contributed by atoms with van der Waals surface area (Å²) in [6.07, 6.45) is 1.84. The van der Waals surface area contributed by atoms with Crippen LogP contribution in [0.4, 0.5) is 5.69 Å². The summed E-state index contributed by atoms with van der Waals surface area (Å²) in [5.74, 6) is -0.333. The molecule has 0 fully saturated rings. The molecule has 0 aliphatic heterocycles. The Bertz CT molecular complexity index is 1170. The summed E-state index contributed by atoms with van der Waals surface area (Å²) in [6, 6.07) is 19.0. The monoisotopic (exact) mass is 424 g/mol. The number of nitrogens with zero attached hydrogens (tertiary/aromatic N) is 1. The van der Waals surface area contributed by atoms with Crippen molar-refractivity contribution in [3.8, 4) is 0 Å². The summed E-state index contributed by atoms with van der Waals surface area (Å²) in [4.78, 5) is 12.9. The summed E-state index contributed by atoms with van der Waals surface area (Å²) in [5, 5.41) is 4.73. The third-order valence-electron chi connectivity index (χ3n) is 5.27. The first-order valence-corrected chi connectivity index (χ1v) is 11.9. The molecule has 3 aromatic rings. The first kappa shape index (κ1) is 21.8. The molecule has 1 N–H and O–H groups in total. The van der Waals surface area contributed by atoms with E-state index in [-0.39, 0.29) is 18.5 Å². The zero-order valence-electron chi connectivity index (χ0n) is 17.8. The average molecular weight is 425 g/mol. The third-order valence-corrected chi connectivity index (χ3v) is 6.39. The largest absolute Gasteiger partial charge is 0.348 e. The fourth-order valence-corrected chi connectivity index (χ4v) is 4.66. The molecule has 30 heavy (non-hydrogen) atoms. The van der Waals surface area contributed by atoms with Crippen molar-refractivity contribution in [3.05, 3.63) is 77.4 Å². The summed E-state index contributed by atoms with van der Waals surface area (Å²) in [5.41, 5.74) is 3.82. The maximum Gasteiger partial charge on any atom is 0.241 e. The number of nitrogens with one attached hydrogen (secondary N) is 1. The lowest BCUT2D eigenvalue weighted by Crippen LogP contribution is -2.41. The Balaban J connectivity index is 1.89. The van der Waals surface area contributed by atoms with Crippen molar-refractivity contribution in [1.82, 2.24) is 5.32 Å². The molecule has 0 bridgehead atoms. The van der Waals surface area contributed by atoms with Gasteiger partial charge in [-0.15, -0.1) is 0 Å². The smallest absolute Gasteiger partial charge is 0.241 e. The van der Waals surface area contributed by atoms with Gasteiger partial charge in [-0.2, -0.15) is 0 Å². The van der Waals surface area contributed by atoms with Crippen molar-refractivity contribution in [1.29, 1.82) is 0 Å². The number of sulfonamides is 1. The minimum atomic E-state index is -3.65. The van der Waals surface area contributed by atoms with Gasteiger partial charge in [0.2, 0.25) is 15.9 Å². The van der Waals surface area contributed by atoms with Crippen molar-refractivity contribution < 1.29 is 13.2 Å². The zero-order valence-corrected chi connectivity index (χ0v) is 18.7. The van der Waals surface area contributed by atoms with Crippen LogP contribution < -0.4 is 9.62 Å². The van der Waals surface area contributed by atoms with Gasteiger partial charge >= 0.3 is 0 Å². The fourth-order valence-electron chi connectivity index (χ4n) is 3.79. The van der Waals surface area contributed by atoms with Gasteiger partial charge in [0, 0.05) is 5.39 Å². The molecule has 0 radical (unpaired) electrons. The van der Waals surface area contributed by atoms with Crippen LogP contribution in [0, 0.1) is 13.8 Å². The Morgan fingerprint density at radius 1 is 1.03 bits per heavy atom. The molecule has 0 aromatic heterocycles. The van der Waals surface area contributed by atoms with Crippen LogP contribution in [0.15, 0.2) is 60.7 Å². The van der Waals surface area contributed by atoms with Gasteiger partial charge in [0.25, 0.3) is 0 Å². The molecule has 5 nitrogen and oxygen atoms in total. The molecular formula is C24H28N2O3S. The summed E-state index contributed by atoms with van der Waals surface area (Å²) in [6.45, 7) is 5.79. The van der Waals surface area contributed by atoms with E-state index in [2.05, 4.69) is 11.4 Å². The highest BCUT2D eigenvalue weighted by Gasteiger charge is 2.24. The number of anilines is 1. The van der Waals surface area contributed by atoms with Gasteiger partial charge in [-0.05, 0) is 42.8 Å². The topological polar surface area (TPSA) is 66.5 Å².